The van der Waals surface area contributed by atoms with Crippen molar-refractivity contribution in [2.75, 3.05) is 4.90 Å². The zero-order chi connectivity index (χ0) is 46.7. The van der Waals surface area contributed by atoms with Crippen molar-refractivity contribution in [3.63, 3.8) is 0 Å². The molecular weight excluding hydrogens is 879 g/mol. The van der Waals surface area contributed by atoms with Gasteiger partial charge in [-0.3, -0.25) is 0 Å². The molecule has 0 radical (unpaired) electrons. The molecule has 4 aliphatic rings. The van der Waals surface area contributed by atoms with Crippen molar-refractivity contribution in [3.8, 4) is 56.0 Å². The highest BCUT2D eigenvalue weighted by Crippen LogP contribution is 2.67. The number of ether oxygens (including phenoxy) is 1. The van der Waals surface area contributed by atoms with Crippen LogP contribution in [-0.4, -0.2) is 0 Å². The van der Waals surface area contributed by atoms with Crippen LogP contribution in [0.15, 0.2) is 271 Å². The summed E-state index contributed by atoms with van der Waals surface area (Å²) in [6.07, 6.45) is 0. The summed E-state index contributed by atoms with van der Waals surface area (Å²) in [6, 6.07) is 96.5. The van der Waals surface area contributed by atoms with Crippen LogP contribution in [0.2, 0.25) is 0 Å². The Hall–Kier alpha value is -8.63. The van der Waals surface area contributed by atoms with E-state index >= 15 is 0 Å². The van der Waals surface area contributed by atoms with Gasteiger partial charge in [0, 0.05) is 32.2 Å². The van der Waals surface area contributed by atoms with E-state index in [1.165, 1.54) is 87.7 Å². The molecule has 2 aliphatic heterocycles. The van der Waals surface area contributed by atoms with Gasteiger partial charge >= 0.3 is 0 Å². The third-order valence-corrected chi connectivity index (χ3v) is 16.8. The van der Waals surface area contributed by atoms with Gasteiger partial charge in [-0.15, -0.1) is 0 Å². The van der Waals surface area contributed by atoms with Gasteiger partial charge in [0.1, 0.15) is 11.5 Å². The molecule has 0 atom stereocenters. The molecule has 2 aliphatic carbocycles. The minimum Gasteiger partial charge on any atom is -0.457 e. The average Bonchev–Trinajstić information content (AvgIpc) is 3.91. The molecule has 2 nitrogen and oxygen atoms in total. The van der Waals surface area contributed by atoms with Crippen LogP contribution in [-0.2, 0) is 10.8 Å². The second-order valence-electron chi connectivity index (χ2n) is 19.0. The molecule has 2 spiro atoms. The van der Waals surface area contributed by atoms with Crippen LogP contribution < -0.4 is 9.64 Å². The molecule has 11 aromatic carbocycles. The van der Waals surface area contributed by atoms with Gasteiger partial charge in [-0.05, 0) is 115 Å². The Morgan fingerprint density at radius 2 is 0.718 bits per heavy atom. The zero-order valence-electron chi connectivity index (χ0n) is 38.6. The van der Waals surface area contributed by atoms with E-state index in [9.17, 15) is 0 Å². The van der Waals surface area contributed by atoms with Crippen LogP contribution in [0.5, 0.6) is 11.5 Å². The molecule has 0 saturated carbocycles. The molecule has 332 valence electrons. The summed E-state index contributed by atoms with van der Waals surface area (Å²) in [5.74, 6) is 1.77. The number of hydrogen-bond acceptors (Lipinski definition) is 3. The van der Waals surface area contributed by atoms with Gasteiger partial charge in [0.25, 0.3) is 0 Å². The molecule has 2 heterocycles. The highest BCUT2D eigenvalue weighted by atomic mass is 32.2. The molecule has 0 N–H and O–H groups in total. The molecule has 0 amide bonds. The quantitative estimate of drug-likeness (QED) is 0.171. The Kier molecular flexibility index (Phi) is 8.76. The highest BCUT2D eigenvalue weighted by Gasteiger charge is 2.53. The normalized spacial score (nSPS) is 14.2. The van der Waals surface area contributed by atoms with Gasteiger partial charge in [-0.1, -0.05) is 230 Å². The Morgan fingerprint density at radius 1 is 0.296 bits per heavy atom. The van der Waals surface area contributed by atoms with Crippen molar-refractivity contribution in [2.24, 2.45) is 0 Å². The predicted octanol–water partition coefficient (Wildman–Crippen LogP) is 17.8. The fraction of sp³-hybridized carbons (Fsp3) is 0.0294. The number of benzene rings is 11. The number of fused-ring (bicyclic) bond motifs is 18. The molecule has 71 heavy (non-hydrogen) atoms. The second-order valence-corrected chi connectivity index (χ2v) is 20.1. The molecule has 0 unspecified atom stereocenters. The first-order valence-electron chi connectivity index (χ1n) is 24.5. The molecule has 0 fully saturated rings. The maximum Gasteiger partial charge on any atom is 0.132 e. The number of anilines is 3. The lowest BCUT2D eigenvalue weighted by Gasteiger charge is -2.41. The first kappa shape index (κ1) is 40.3. The Labute approximate surface area is 418 Å². The fourth-order valence-corrected chi connectivity index (χ4v) is 14.1. The summed E-state index contributed by atoms with van der Waals surface area (Å²) in [4.78, 5) is 5.08. The topological polar surface area (TPSA) is 12.5 Å². The molecular formula is C68H43NOS. The second kappa shape index (κ2) is 15.4. The van der Waals surface area contributed by atoms with Gasteiger partial charge in [-0.25, -0.2) is 0 Å². The third kappa shape index (κ3) is 5.55. The summed E-state index contributed by atoms with van der Waals surface area (Å²) in [5, 5.41) is 0. The first-order valence-corrected chi connectivity index (χ1v) is 25.3. The fourth-order valence-electron chi connectivity index (χ4n) is 12.8. The Morgan fingerprint density at radius 3 is 1.34 bits per heavy atom. The largest absolute Gasteiger partial charge is 0.457 e. The van der Waals surface area contributed by atoms with Gasteiger partial charge in [-0.2, -0.15) is 0 Å². The minimum atomic E-state index is -0.611. The Balaban J connectivity index is 0.997. The summed E-state index contributed by atoms with van der Waals surface area (Å²) < 4.78 is 6.76. The van der Waals surface area contributed by atoms with Crippen molar-refractivity contribution < 1.29 is 4.74 Å². The maximum atomic E-state index is 6.76. The van der Waals surface area contributed by atoms with Gasteiger partial charge in [0.2, 0.25) is 0 Å². The maximum absolute atomic E-state index is 6.76. The molecule has 11 aromatic rings. The van der Waals surface area contributed by atoms with E-state index in [1.54, 1.807) is 0 Å². The van der Waals surface area contributed by atoms with Gasteiger partial charge in [0.15, 0.2) is 0 Å². The van der Waals surface area contributed by atoms with Crippen LogP contribution in [0.3, 0.4) is 0 Å². The third-order valence-electron chi connectivity index (χ3n) is 15.6. The van der Waals surface area contributed by atoms with E-state index in [0.717, 1.165) is 39.7 Å². The summed E-state index contributed by atoms with van der Waals surface area (Å²) >= 11 is 1.90. The van der Waals surface area contributed by atoms with Crippen molar-refractivity contribution in [3.05, 3.63) is 305 Å². The smallest absolute Gasteiger partial charge is 0.132 e. The van der Waals surface area contributed by atoms with Crippen molar-refractivity contribution in [1.82, 2.24) is 0 Å². The van der Waals surface area contributed by atoms with Gasteiger partial charge in [0.05, 0.1) is 22.2 Å². The van der Waals surface area contributed by atoms with Crippen LogP contribution in [0.25, 0.3) is 44.5 Å². The van der Waals surface area contributed by atoms with Crippen LogP contribution in [0.4, 0.5) is 17.1 Å². The average molecular weight is 922 g/mol. The van der Waals surface area contributed by atoms with E-state index in [1.807, 2.05) is 11.8 Å². The van der Waals surface area contributed by atoms with Crippen LogP contribution in [0.1, 0.15) is 44.5 Å². The number of nitrogens with zero attached hydrogens (tertiary/aromatic N) is 1. The minimum absolute atomic E-state index is 0.521. The van der Waals surface area contributed by atoms with Crippen molar-refractivity contribution >= 4 is 28.8 Å². The van der Waals surface area contributed by atoms with Crippen LogP contribution in [0, 0.1) is 0 Å². The standard InChI is InChI=1S/C68H43NOS/c1-2-18-44(19-3-1)45-36-38-46(39-37-45)47-40-42-48(43-41-47)69(60-31-16-29-58-65(60)51-22-6-9-25-54(51)68(58)55-26-10-13-33-62(55)70-63-34-14-11-27-56(63)68)61-32-17-30-59-66(61)71-64-35-15-12-28-57(64)67(59)52-23-7-4-20-49(52)50-21-5-8-24-53(50)67/h1-43H. The van der Waals surface area contributed by atoms with E-state index in [-0.39, 0.29) is 0 Å². The Bertz CT molecular complexity index is 3860. The molecule has 0 aromatic heterocycles. The summed E-state index contributed by atoms with van der Waals surface area (Å²) in [5.41, 5.74) is 22.1. The molecule has 3 heteroatoms. The van der Waals surface area contributed by atoms with E-state index in [0.29, 0.717) is 0 Å². The lowest BCUT2D eigenvalue weighted by atomic mass is 9.66. The predicted molar refractivity (Wildman–Crippen MR) is 291 cm³/mol. The SMILES string of the molecule is c1ccc(-c2ccc(-c3ccc(N(c4cccc5c4Sc4ccccc4C54c5ccccc5-c5ccccc54)c4cccc5c4-c4ccccc4C54c5ccccc5Oc5ccccc54)cc3)cc2)cc1. The van der Waals surface area contributed by atoms with Crippen molar-refractivity contribution in [2.45, 2.75) is 20.6 Å². The zero-order valence-corrected chi connectivity index (χ0v) is 39.4. The molecule has 0 saturated heterocycles. The number of para-hydroxylation sites is 2. The lowest BCUT2D eigenvalue weighted by Crippen LogP contribution is -2.32. The van der Waals surface area contributed by atoms with E-state index in [2.05, 4.69) is 266 Å². The van der Waals surface area contributed by atoms with E-state index in [4.69, 9.17) is 4.74 Å². The number of hydrogen-bond donors (Lipinski definition) is 0. The van der Waals surface area contributed by atoms with Crippen LogP contribution >= 0.6 is 11.8 Å². The van der Waals surface area contributed by atoms with Crippen molar-refractivity contribution in [1.29, 1.82) is 0 Å². The first-order chi connectivity index (χ1) is 35.2. The van der Waals surface area contributed by atoms with Gasteiger partial charge < -0.3 is 9.64 Å². The molecule has 0 bridgehead atoms. The monoisotopic (exact) mass is 921 g/mol. The highest BCUT2D eigenvalue weighted by molar-refractivity contribution is 7.99. The van der Waals surface area contributed by atoms with E-state index < -0.39 is 10.8 Å². The molecule has 15 rings (SSSR count). The summed E-state index contributed by atoms with van der Waals surface area (Å²) in [6.45, 7) is 0. The lowest BCUT2D eigenvalue weighted by molar-refractivity contribution is 0.436. The number of rotatable bonds is 5. The summed E-state index contributed by atoms with van der Waals surface area (Å²) in [7, 11) is 0.